The summed E-state index contributed by atoms with van der Waals surface area (Å²) in [6, 6.07) is 14.9. The molecule has 1 N–H and O–H groups in total. The molecule has 1 atom stereocenters. The maximum atomic E-state index is 12.4. The second-order valence-corrected chi connectivity index (χ2v) is 6.27. The average Bonchev–Trinajstić information content (AvgIpc) is 3.12. The summed E-state index contributed by atoms with van der Waals surface area (Å²) >= 11 is 0. The van der Waals surface area contributed by atoms with Gasteiger partial charge in [-0.3, -0.25) is 4.79 Å². The Morgan fingerprint density at radius 1 is 1.08 bits per heavy atom. The van der Waals surface area contributed by atoms with E-state index in [9.17, 15) is 9.59 Å². The Kier molecular flexibility index (Phi) is 5.03. The number of anilines is 1. The predicted octanol–water partition coefficient (Wildman–Crippen LogP) is 3.92. The molecule has 5 nitrogen and oxygen atoms in total. The Bertz CT molecular complexity index is 754. The van der Waals surface area contributed by atoms with Crippen molar-refractivity contribution in [2.45, 2.75) is 19.3 Å². The number of carbonyl (C=O) groups excluding carboxylic acids is 2. The van der Waals surface area contributed by atoms with E-state index in [0.29, 0.717) is 23.7 Å². The minimum Gasteiger partial charge on any atom is -0.497 e. The molecule has 0 aromatic heterocycles. The van der Waals surface area contributed by atoms with Crippen LogP contribution in [0.15, 0.2) is 48.5 Å². The number of amides is 2. The van der Waals surface area contributed by atoms with Crippen LogP contribution in [0.1, 0.15) is 35.2 Å². The van der Waals surface area contributed by atoms with Crippen molar-refractivity contribution in [1.29, 1.82) is 0 Å². The molecule has 130 valence electrons. The molecule has 1 aliphatic rings. The predicted molar refractivity (Wildman–Crippen MR) is 97.4 cm³/mol. The number of benzene rings is 2. The third-order valence-electron chi connectivity index (χ3n) is 4.61. The first-order valence-corrected chi connectivity index (χ1v) is 8.37. The van der Waals surface area contributed by atoms with Crippen LogP contribution >= 0.6 is 0 Å². The van der Waals surface area contributed by atoms with Gasteiger partial charge in [0.1, 0.15) is 5.75 Å². The molecule has 1 saturated heterocycles. The highest BCUT2D eigenvalue weighted by Gasteiger charge is 2.27. The van der Waals surface area contributed by atoms with E-state index >= 15 is 0 Å². The number of carbonyl (C=O) groups is 2. The number of Topliss-reactive ketones (excluding diaryl/α,β-unsaturated/α-hetero) is 1. The molecule has 1 unspecified atom stereocenters. The van der Waals surface area contributed by atoms with Crippen LogP contribution in [0.5, 0.6) is 5.75 Å². The van der Waals surface area contributed by atoms with Gasteiger partial charge in [-0.1, -0.05) is 12.1 Å². The van der Waals surface area contributed by atoms with Crippen LogP contribution in [0.25, 0.3) is 0 Å². The maximum absolute atomic E-state index is 12.4. The summed E-state index contributed by atoms with van der Waals surface area (Å²) < 4.78 is 5.19. The van der Waals surface area contributed by atoms with Crippen LogP contribution in [0.2, 0.25) is 0 Å². The quantitative estimate of drug-likeness (QED) is 0.860. The number of nitrogens with one attached hydrogen (secondary N) is 1. The first-order chi connectivity index (χ1) is 12.1. The number of urea groups is 1. The van der Waals surface area contributed by atoms with Gasteiger partial charge in [0.25, 0.3) is 0 Å². The molecule has 2 aromatic rings. The van der Waals surface area contributed by atoms with Crippen molar-refractivity contribution in [3.05, 3.63) is 59.7 Å². The van der Waals surface area contributed by atoms with Crippen molar-refractivity contribution in [1.82, 2.24) is 4.90 Å². The Morgan fingerprint density at radius 3 is 2.36 bits per heavy atom. The molecule has 25 heavy (non-hydrogen) atoms. The second kappa shape index (κ2) is 7.38. The standard InChI is InChI=1S/C20H22N2O3/c1-14(23)15-3-7-18(8-4-15)21-20(24)22-12-11-17(13-22)16-5-9-19(25-2)10-6-16/h3-10,17H,11-13H2,1-2H3,(H,21,24). The Morgan fingerprint density at radius 2 is 1.76 bits per heavy atom. The minimum atomic E-state index is -0.105. The highest BCUT2D eigenvalue weighted by molar-refractivity contribution is 5.95. The van der Waals surface area contributed by atoms with Crippen LogP contribution in [0, 0.1) is 0 Å². The number of ether oxygens (including phenoxy) is 1. The van der Waals surface area contributed by atoms with E-state index in [0.717, 1.165) is 18.7 Å². The summed E-state index contributed by atoms with van der Waals surface area (Å²) in [6.07, 6.45) is 0.947. The van der Waals surface area contributed by atoms with Crippen LogP contribution in [0.4, 0.5) is 10.5 Å². The molecule has 2 aromatic carbocycles. The lowest BCUT2D eigenvalue weighted by molar-refractivity contribution is 0.101. The summed E-state index contributed by atoms with van der Waals surface area (Å²) in [5.74, 6) is 1.20. The molecule has 0 aliphatic carbocycles. The zero-order valence-corrected chi connectivity index (χ0v) is 14.5. The van der Waals surface area contributed by atoms with E-state index in [-0.39, 0.29) is 11.8 Å². The third kappa shape index (κ3) is 3.99. The Hall–Kier alpha value is -2.82. The SMILES string of the molecule is COc1ccc(C2CCN(C(=O)Nc3ccc(C(C)=O)cc3)C2)cc1. The van der Waals surface area contributed by atoms with Gasteiger partial charge in [0.2, 0.25) is 0 Å². The lowest BCUT2D eigenvalue weighted by atomic mass is 9.98. The van der Waals surface area contributed by atoms with Gasteiger partial charge in [0, 0.05) is 30.3 Å². The number of likely N-dealkylation sites (tertiary alicyclic amines) is 1. The van der Waals surface area contributed by atoms with Crippen LogP contribution in [-0.2, 0) is 0 Å². The van der Waals surface area contributed by atoms with E-state index in [2.05, 4.69) is 17.4 Å². The summed E-state index contributed by atoms with van der Waals surface area (Å²) in [6.45, 7) is 2.95. The number of hydrogen-bond donors (Lipinski definition) is 1. The molecule has 0 radical (unpaired) electrons. The fraction of sp³-hybridized carbons (Fsp3) is 0.300. The molecule has 0 spiro atoms. The van der Waals surface area contributed by atoms with Gasteiger partial charge in [0.05, 0.1) is 7.11 Å². The van der Waals surface area contributed by atoms with Crippen LogP contribution in [-0.4, -0.2) is 36.9 Å². The molecule has 2 amide bonds. The van der Waals surface area contributed by atoms with Gasteiger partial charge in [0.15, 0.2) is 5.78 Å². The zero-order chi connectivity index (χ0) is 17.8. The van der Waals surface area contributed by atoms with E-state index in [1.807, 2.05) is 17.0 Å². The fourth-order valence-corrected chi connectivity index (χ4v) is 3.08. The van der Waals surface area contributed by atoms with E-state index in [1.165, 1.54) is 12.5 Å². The van der Waals surface area contributed by atoms with E-state index in [1.54, 1.807) is 31.4 Å². The van der Waals surface area contributed by atoms with Gasteiger partial charge < -0.3 is 15.0 Å². The number of nitrogens with zero attached hydrogens (tertiary/aromatic N) is 1. The lowest BCUT2D eigenvalue weighted by Gasteiger charge is -2.18. The molecule has 1 heterocycles. The van der Waals surface area contributed by atoms with E-state index < -0.39 is 0 Å². The molecule has 1 aliphatic heterocycles. The average molecular weight is 338 g/mol. The number of methoxy groups -OCH3 is 1. The largest absolute Gasteiger partial charge is 0.497 e. The highest BCUT2D eigenvalue weighted by atomic mass is 16.5. The van der Waals surface area contributed by atoms with Crippen molar-refractivity contribution in [3.8, 4) is 5.75 Å². The second-order valence-electron chi connectivity index (χ2n) is 6.27. The van der Waals surface area contributed by atoms with Crippen molar-refractivity contribution in [3.63, 3.8) is 0 Å². The van der Waals surface area contributed by atoms with Crippen molar-refractivity contribution in [2.75, 3.05) is 25.5 Å². The van der Waals surface area contributed by atoms with Gasteiger partial charge in [-0.05, 0) is 55.3 Å². The van der Waals surface area contributed by atoms with Gasteiger partial charge in [-0.15, -0.1) is 0 Å². The molecule has 3 rings (SSSR count). The monoisotopic (exact) mass is 338 g/mol. The molecule has 0 bridgehead atoms. The molecule has 5 heteroatoms. The summed E-state index contributed by atoms with van der Waals surface area (Å²) in [5.41, 5.74) is 2.56. The summed E-state index contributed by atoms with van der Waals surface area (Å²) in [4.78, 5) is 25.6. The Labute approximate surface area is 147 Å². The smallest absolute Gasteiger partial charge is 0.321 e. The van der Waals surface area contributed by atoms with Gasteiger partial charge >= 0.3 is 6.03 Å². The lowest BCUT2D eigenvalue weighted by Crippen LogP contribution is -2.32. The zero-order valence-electron chi connectivity index (χ0n) is 14.5. The Balaban J connectivity index is 1.59. The van der Waals surface area contributed by atoms with Crippen molar-refractivity contribution in [2.24, 2.45) is 0 Å². The molecule has 0 saturated carbocycles. The summed E-state index contributed by atoms with van der Waals surface area (Å²) in [7, 11) is 1.65. The third-order valence-corrected chi connectivity index (χ3v) is 4.61. The van der Waals surface area contributed by atoms with Crippen molar-refractivity contribution < 1.29 is 14.3 Å². The number of hydrogen-bond acceptors (Lipinski definition) is 3. The topological polar surface area (TPSA) is 58.6 Å². The highest BCUT2D eigenvalue weighted by Crippen LogP contribution is 2.28. The number of rotatable bonds is 4. The van der Waals surface area contributed by atoms with Gasteiger partial charge in [-0.25, -0.2) is 4.79 Å². The van der Waals surface area contributed by atoms with E-state index in [4.69, 9.17) is 4.74 Å². The minimum absolute atomic E-state index is 0.0137. The molecular weight excluding hydrogens is 316 g/mol. The van der Waals surface area contributed by atoms with Crippen molar-refractivity contribution >= 4 is 17.5 Å². The molecular formula is C20H22N2O3. The fourth-order valence-electron chi connectivity index (χ4n) is 3.08. The first kappa shape index (κ1) is 17.0. The molecule has 1 fully saturated rings. The first-order valence-electron chi connectivity index (χ1n) is 8.37. The number of ketones is 1. The van der Waals surface area contributed by atoms with Crippen LogP contribution < -0.4 is 10.1 Å². The van der Waals surface area contributed by atoms with Crippen LogP contribution in [0.3, 0.4) is 0 Å². The normalized spacial score (nSPS) is 16.6. The van der Waals surface area contributed by atoms with Gasteiger partial charge in [-0.2, -0.15) is 0 Å². The summed E-state index contributed by atoms with van der Waals surface area (Å²) in [5, 5.41) is 2.90. The maximum Gasteiger partial charge on any atom is 0.321 e.